The van der Waals surface area contributed by atoms with Crippen LogP contribution < -0.4 is 15.5 Å². The summed E-state index contributed by atoms with van der Waals surface area (Å²) in [4.78, 5) is 18.4. The summed E-state index contributed by atoms with van der Waals surface area (Å²) in [5, 5.41) is 11.2. The molecule has 3 heterocycles. The summed E-state index contributed by atoms with van der Waals surface area (Å²) in [5.41, 5.74) is 5.29. The van der Waals surface area contributed by atoms with Crippen molar-refractivity contribution in [2.24, 2.45) is 0 Å². The van der Waals surface area contributed by atoms with E-state index in [9.17, 15) is 4.79 Å². The standard InChI is InChI=1S/C23H28N6O/c1-16-12-22(27-20-6-8-25-9-7-20)21-13-18(4-5-23(21)29(16)17(2)30)19-14-26-28(15-19)11-10-24-3/h4-9,13-16,22,24H,10-12H2,1-3H3,(H,25,27)/t16-,22+/m0/s1. The Morgan fingerprint density at radius 2 is 2.00 bits per heavy atom. The van der Waals surface area contributed by atoms with Gasteiger partial charge in [-0.05, 0) is 55.8 Å². The molecular weight excluding hydrogens is 376 g/mol. The second kappa shape index (κ2) is 8.67. The number of pyridine rings is 1. The van der Waals surface area contributed by atoms with Gasteiger partial charge < -0.3 is 15.5 Å². The summed E-state index contributed by atoms with van der Waals surface area (Å²) in [5.74, 6) is 0.0683. The Morgan fingerprint density at radius 1 is 1.20 bits per heavy atom. The molecule has 156 valence electrons. The van der Waals surface area contributed by atoms with Crippen LogP contribution in [0.15, 0.2) is 55.1 Å². The molecule has 7 heteroatoms. The lowest BCUT2D eigenvalue weighted by Gasteiger charge is -2.39. The summed E-state index contributed by atoms with van der Waals surface area (Å²) >= 11 is 0. The number of likely N-dealkylation sites (N-methyl/N-ethyl adjacent to an activating group) is 1. The Bertz CT molecular complexity index is 1020. The first-order valence-electron chi connectivity index (χ1n) is 10.3. The van der Waals surface area contributed by atoms with Gasteiger partial charge in [-0.15, -0.1) is 0 Å². The Kier molecular flexibility index (Phi) is 5.81. The van der Waals surface area contributed by atoms with Gasteiger partial charge in [0.2, 0.25) is 5.91 Å². The molecule has 0 saturated heterocycles. The topological polar surface area (TPSA) is 75.1 Å². The number of carbonyl (C=O) groups is 1. The molecule has 2 aromatic heterocycles. The van der Waals surface area contributed by atoms with Gasteiger partial charge in [0, 0.05) is 55.0 Å². The maximum absolute atomic E-state index is 12.4. The lowest BCUT2D eigenvalue weighted by molar-refractivity contribution is -0.117. The van der Waals surface area contributed by atoms with Crippen LogP contribution in [0.3, 0.4) is 0 Å². The zero-order chi connectivity index (χ0) is 21.1. The van der Waals surface area contributed by atoms with E-state index in [1.165, 1.54) is 0 Å². The number of nitrogens with zero attached hydrogens (tertiary/aromatic N) is 4. The number of amides is 1. The Balaban J connectivity index is 1.71. The van der Waals surface area contributed by atoms with Gasteiger partial charge in [-0.1, -0.05) is 6.07 Å². The number of hydrogen-bond donors (Lipinski definition) is 2. The Hall–Kier alpha value is -3.19. The van der Waals surface area contributed by atoms with E-state index >= 15 is 0 Å². The third-order valence-electron chi connectivity index (χ3n) is 5.60. The van der Waals surface area contributed by atoms with Crippen molar-refractivity contribution in [1.29, 1.82) is 0 Å². The minimum Gasteiger partial charge on any atom is -0.378 e. The van der Waals surface area contributed by atoms with Gasteiger partial charge >= 0.3 is 0 Å². The Labute approximate surface area is 177 Å². The van der Waals surface area contributed by atoms with Gasteiger partial charge in [0.1, 0.15) is 0 Å². The molecule has 3 aromatic rings. The minimum absolute atomic E-state index is 0.0683. The molecule has 0 spiro atoms. The van der Waals surface area contributed by atoms with Crippen molar-refractivity contribution in [3.63, 3.8) is 0 Å². The highest BCUT2D eigenvalue weighted by Crippen LogP contribution is 2.41. The number of aromatic nitrogens is 3. The normalized spacial score (nSPS) is 18.2. The van der Waals surface area contributed by atoms with Crippen molar-refractivity contribution in [3.05, 3.63) is 60.7 Å². The van der Waals surface area contributed by atoms with E-state index in [1.807, 2.05) is 35.0 Å². The number of anilines is 2. The van der Waals surface area contributed by atoms with E-state index in [-0.39, 0.29) is 18.0 Å². The monoisotopic (exact) mass is 404 g/mol. The van der Waals surface area contributed by atoms with Crippen molar-refractivity contribution < 1.29 is 4.79 Å². The first-order chi connectivity index (χ1) is 14.6. The van der Waals surface area contributed by atoms with Crippen LogP contribution in [0, 0.1) is 0 Å². The van der Waals surface area contributed by atoms with Gasteiger partial charge in [0.05, 0.1) is 18.8 Å². The van der Waals surface area contributed by atoms with E-state index in [2.05, 4.69) is 52.0 Å². The average molecular weight is 405 g/mol. The summed E-state index contributed by atoms with van der Waals surface area (Å²) in [6.45, 7) is 5.43. The van der Waals surface area contributed by atoms with E-state index in [0.717, 1.165) is 47.6 Å². The van der Waals surface area contributed by atoms with Crippen LogP contribution in [0.25, 0.3) is 11.1 Å². The zero-order valence-corrected chi connectivity index (χ0v) is 17.7. The lowest BCUT2D eigenvalue weighted by Crippen LogP contribution is -2.43. The maximum Gasteiger partial charge on any atom is 0.224 e. The van der Waals surface area contributed by atoms with Crippen molar-refractivity contribution in [1.82, 2.24) is 20.1 Å². The number of fused-ring (bicyclic) bond motifs is 1. The average Bonchev–Trinajstić information content (AvgIpc) is 3.21. The molecule has 0 aliphatic carbocycles. The SMILES string of the molecule is CNCCn1cc(-c2ccc3c(c2)[C@H](Nc2ccncc2)C[C@H](C)N3C(C)=O)cn1. The third kappa shape index (κ3) is 4.07. The van der Waals surface area contributed by atoms with Crippen LogP contribution in [0.4, 0.5) is 11.4 Å². The van der Waals surface area contributed by atoms with Gasteiger partial charge in [-0.2, -0.15) is 5.10 Å². The summed E-state index contributed by atoms with van der Waals surface area (Å²) in [6.07, 6.45) is 8.37. The fraction of sp³-hybridized carbons (Fsp3) is 0.348. The maximum atomic E-state index is 12.4. The third-order valence-corrected chi connectivity index (χ3v) is 5.60. The van der Waals surface area contributed by atoms with Crippen LogP contribution in [0.5, 0.6) is 0 Å². The van der Waals surface area contributed by atoms with Crippen LogP contribution in [-0.4, -0.2) is 40.3 Å². The molecule has 0 bridgehead atoms. The van der Waals surface area contributed by atoms with Crippen molar-refractivity contribution in [2.45, 2.75) is 38.9 Å². The highest BCUT2D eigenvalue weighted by Gasteiger charge is 2.32. The summed E-state index contributed by atoms with van der Waals surface area (Å²) in [6, 6.07) is 10.5. The van der Waals surface area contributed by atoms with Gasteiger partial charge in [0.15, 0.2) is 0 Å². The molecule has 0 fully saturated rings. The lowest BCUT2D eigenvalue weighted by atomic mass is 9.89. The zero-order valence-electron chi connectivity index (χ0n) is 17.7. The smallest absolute Gasteiger partial charge is 0.224 e. The molecule has 0 unspecified atom stereocenters. The first-order valence-corrected chi connectivity index (χ1v) is 10.3. The fourth-order valence-electron chi connectivity index (χ4n) is 4.17. The van der Waals surface area contributed by atoms with Crippen LogP contribution >= 0.6 is 0 Å². The van der Waals surface area contributed by atoms with E-state index < -0.39 is 0 Å². The highest BCUT2D eigenvalue weighted by molar-refractivity contribution is 5.94. The predicted molar refractivity (Wildman–Crippen MR) is 119 cm³/mol. The minimum atomic E-state index is 0.0683. The number of benzene rings is 1. The molecule has 7 nitrogen and oxygen atoms in total. The van der Waals surface area contributed by atoms with E-state index in [0.29, 0.717) is 0 Å². The molecule has 1 amide bonds. The highest BCUT2D eigenvalue weighted by atomic mass is 16.2. The molecule has 0 saturated carbocycles. The van der Waals surface area contributed by atoms with Gasteiger partial charge in [-0.3, -0.25) is 14.5 Å². The summed E-state index contributed by atoms with van der Waals surface area (Å²) in [7, 11) is 1.94. The van der Waals surface area contributed by atoms with Crippen molar-refractivity contribution >= 4 is 17.3 Å². The molecule has 2 N–H and O–H groups in total. The Morgan fingerprint density at radius 3 is 2.73 bits per heavy atom. The van der Waals surface area contributed by atoms with Crippen molar-refractivity contribution in [2.75, 3.05) is 23.8 Å². The van der Waals surface area contributed by atoms with E-state index in [1.54, 1.807) is 19.3 Å². The fourth-order valence-corrected chi connectivity index (χ4v) is 4.17. The molecule has 0 radical (unpaired) electrons. The van der Waals surface area contributed by atoms with Crippen LogP contribution in [0.2, 0.25) is 0 Å². The second-order valence-corrected chi connectivity index (χ2v) is 7.78. The molecule has 4 rings (SSSR count). The van der Waals surface area contributed by atoms with E-state index in [4.69, 9.17) is 0 Å². The van der Waals surface area contributed by atoms with Gasteiger partial charge in [0.25, 0.3) is 0 Å². The van der Waals surface area contributed by atoms with Crippen LogP contribution in [-0.2, 0) is 11.3 Å². The molecular formula is C23H28N6O. The van der Waals surface area contributed by atoms with Gasteiger partial charge in [-0.25, -0.2) is 0 Å². The summed E-state index contributed by atoms with van der Waals surface area (Å²) < 4.78 is 1.95. The number of hydrogen-bond acceptors (Lipinski definition) is 5. The number of nitrogens with one attached hydrogen (secondary N) is 2. The molecule has 1 aliphatic rings. The molecule has 1 aromatic carbocycles. The second-order valence-electron chi connectivity index (χ2n) is 7.78. The van der Waals surface area contributed by atoms with Crippen LogP contribution in [0.1, 0.15) is 31.9 Å². The molecule has 2 atom stereocenters. The first kappa shape index (κ1) is 20.1. The quantitative estimate of drug-likeness (QED) is 0.658. The van der Waals surface area contributed by atoms with Crippen molar-refractivity contribution in [3.8, 4) is 11.1 Å². The number of rotatable bonds is 6. The number of carbonyl (C=O) groups excluding carboxylic acids is 1. The molecule has 30 heavy (non-hydrogen) atoms. The largest absolute Gasteiger partial charge is 0.378 e. The molecule has 1 aliphatic heterocycles. The predicted octanol–water partition coefficient (Wildman–Crippen LogP) is 3.46.